The normalized spacial score (nSPS) is 11.3. The minimum atomic E-state index is -0.982. The molecule has 0 bridgehead atoms. The topological polar surface area (TPSA) is 267 Å². The first-order chi connectivity index (χ1) is 51.3. The van der Waals surface area contributed by atoms with Crippen LogP contribution in [0.1, 0.15) is 59.4 Å². The number of benzene rings is 8. The maximum absolute atomic E-state index is 10.6. The number of hydrogen-bond acceptors (Lipinski definition) is 25. The zero-order valence-electron chi connectivity index (χ0n) is 62.4. The molecule has 8 aromatic carbocycles. The first-order valence-corrected chi connectivity index (χ1v) is 36.9. The Balaban J connectivity index is 1.58. The number of likely N-dealkylation sites (N-methyl/N-ethyl adjacent to an activating group) is 1. The fourth-order valence-electron chi connectivity index (χ4n) is 12.4. The second kappa shape index (κ2) is 42.8. The Morgan fingerprint density at radius 3 is 1.13 bits per heavy atom. The molecule has 8 rings (SSSR count). The first kappa shape index (κ1) is 80.9. The van der Waals surface area contributed by atoms with Gasteiger partial charge in [0.1, 0.15) is 0 Å². The molecule has 0 heterocycles. The molecular weight excluding hydrogens is 1330 g/mol. The van der Waals surface area contributed by atoms with Crippen molar-refractivity contribution in [2.24, 2.45) is 0 Å². The molecule has 0 aromatic heterocycles. The molecule has 568 valence electrons. The van der Waals surface area contributed by atoms with Gasteiger partial charge >= 0.3 is 0 Å². The van der Waals surface area contributed by atoms with E-state index in [4.69, 9.17) is 4.74 Å². The van der Waals surface area contributed by atoms with E-state index >= 15 is 0 Å². The highest BCUT2D eigenvalue weighted by atomic mass is 16.5. The van der Waals surface area contributed by atoms with E-state index < -0.39 is 12.7 Å². The lowest BCUT2D eigenvalue weighted by Crippen LogP contribution is -2.71. The lowest BCUT2D eigenvalue weighted by molar-refractivity contribution is 0.105. The number of anilines is 16. The number of ether oxygens (including phenoxy) is 1. The van der Waals surface area contributed by atoms with Gasteiger partial charge in [-0.2, -0.15) is 30.7 Å². The van der Waals surface area contributed by atoms with Crippen LogP contribution >= 0.6 is 0 Å². The molecule has 0 spiro atoms. The monoisotopic (exact) mass is 1440 g/mol. The number of nitrogens with zero attached hydrogens (tertiary/aromatic N) is 11. The number of hydrogen-bond donors (Lipinski definition) is 13. The summed E-state index contributed by atoms with van der Waals surface area (Å²) in [5, 5.41) is 105. The summed E-state index contributed by atoms with van der Waals surface area (Å²) in [5.74, 6) is 0. The number of aliphatic hydroxyl groups excluding tert-OH is 8. The number of aliphatic hydroxyl groups is 8. The van der Waals surface area contributed by atoms with Crippen LogP contribution < -0.4 is 82.0 Å². The van der Waals surface area contributed by atoms with Crippen LogP contribution in [0.5, 0.6) is 0 Å². The fraction of sp³-hybridized carbons (Fsp3) is 0.400. The van der Waals surface area contributed by atoms with Crippen molar-refractivity contribution in [1.82, 2.24) is 0 Å². The van der Waals surface area contributed by atoms with Gasteiger partial charge in [0.15, 0.2) is 0 Å². The molecule has 0 aliphatic rings. The summed E-state index contributed by atoms with van der Waals surface area (Å²) in [6.07, 6.45) is 1.47. The minimum absolute atomic E-state index is 0.0223. The summed E-state index contributed by atoms with van der Waals surface area (Å²) in [5.41, 5.74) is 20.8. The third kappa shape index (κ3) is 22.4. The molecular formula is C80H114N16O9. The van der Waals surface area contributed by atoms with E-state index in [0.717, 1.165) is 95.8 Å². The Morgan fingerprint density at radius 2 is 0.686 bits per heavy atom. The third-order valence-corrected chi connectivity index (χ3v) is 17.9. The van der Waals surface area contributed by atoms with Gasteiger partial charge in [-0.05, 0) is 241 Å². The van der Waals surface area contributed by atoms with E-state index in [1.165, 1.54) is 0 Å². The fourth-order valence-corrected chi connectivity index (χ4v) is 12.4. The predicted octanol–water partition coefficient (Wildman–Crippen LogP) is 10.5. The van der Waals surface area contributed by atoms with Gasteiger partial charge in [0.05, 0.1) is 97.9 Å². The number of rotatable bonds is 49. The van der Waals surface area contributed by atoms with Gasteiger partial charge in [-0.25, -0.2) is 0 Å². The third-order valence-electron chi connectivity index (χ3n) is 17.9. The highest BCUT2D eigenvalue weighted by Gasteiger charge is 2.39. The molecule has 0 amide bonds. The van der Waals surface area contributed by atoms with Crippen molar-refractivity contribution in [3.8, 4) is 0 Å². The van der Waals surface area contributed by atoms with Crippen molar-refractivity contribution in [2.75, 3.05) is 227 Å². The average Bonchev–Trinajstić information content (AvgIpc) is 0.740. The summed E-state index contributed by atoms with van der Waals surface area (Å²) in [6, 6.07) is 63.3. The molecule has 1 unspecified atom stereocenters. The quantitative estimate of drug-likeness (QED) is 0.0125. The van der Waals surface area contributed by atoms with Crippen LogP contribution in [0.15, 0.2) is 188 Å². The van der Waals surface area contributed by atoms with E-state index in [1.54, 1.807) is 7.11 Å². The van der Waals surface area contributed by atoms with E-state index in [0.29, 0.717) is 79.0 Å². The number of nitrogens with one attached hydrogen (secondary N) is 5. The molecule has 1 atom stereocenters. The van der Waals surface area contributed by atoms with Crippen LogP contribution in [0.3, 0.4) is 0 Å². The average molecular weight is 1440 g/mol. The zero-order valence-corrected chi connectivity index (χ0v) is 62.4. The van der Waals surface area contributed by atoms with Gasteiger partial charge in [0.2, 0.25) is 0 Å². The van der Waals surface area contributed by atoms with Crippen molar-refractivity contribution >= 4 is 91.0 Å². The minimum Gasteiger partial charge on any atom is -0.396 e. The largest absolute Gasteiger partial charge is 0.396 e. The Morgan fingerprint density at radius 1 is 0.343 bits per heavy atom. The van der Waals surface area contributed by atoms with Gasteiger partial charge in [-0.3, -0.25) is 10.9 Å². The Bertz CT molecular complexity index is 3680. The van der Waals surface area contributed by atoms with Gasteiger partial charge in [0.25, 0.3) is 0 Å². The maximum atomic E-state index is 10.6. The first-order valence-electron chi connectivity index (χ1n) is 36.9. The lowest BCUT2D eigenvalue weighted by atomic mass is 10.1. The lowest BCUT2D eigenvalue weighted by Gasteiger charge is -2.54. The molecule has 0 fully saturated rings. The van der Waals surface area contributed by atoms with Crippen LogP contribution in [0.4, 0.5) is 91.0 Å². The van der Waals surface area contributed by atoms with E-state index in [-0.39, 0.29) is 72.4 Å². The molecule has 105 heavy (non-hydrogen) atoms. The molecule has 0 radical (unpaired) electrons. The molecule has 13 N–H and O–H groups in total. The second-order valence-corrected chi connectivity index (χ2v) is 25.2. The maximum Gasteiger partial charge on any atom is 0.0942 e. The highest BCUT2D eigenvalue weighted by Crippen LogP contribution is 2.41. The van der Waals surface area contributed by atoms with E-state index in [2.05, 4.69) is 175 Å². The van der Waals surface area contributed by atoms with Crippen molar-refractivity contribution in [3.63, 3.8) is 0 Å². The van der Waals surface area contributed by atoms with Crippen molar-refractivity contribution < 1.29 is 45.6 Å². The molecule has 0 saturated carbocycles. The summed E-state index contributed by atoms with van der Waals surface area (Å²) in [4.78, 5) is 10.7. The zero-order chi connectivity index (χ0) is 74.9. The molecule has 25 nitrogen and oxygen atoms in total. The number of hydrazine groups is 7. The summed E-state index contributed by atoms with van der Waals surface area (Å²) in [7, 11) is 1.67. The highest BCUT2D eigenvalue weighted by molar-refractivity contribution is 5.80. The van der Waals surface area contributed by atoms with Crippen molar-refractivity contribution in [3.05, 3.63) is 194 Å². The Hall–Kier alpha value is -9.80. The summed E-state index contributed by atoms with van der Waals surface area (Å²) in [6.45, 7) is 18.8. The smallest absolute Gasteiger partial charge is 0.0942 e. The van der Waals surface area contributed by atoms with Crippen LogP contribution in [0.2, 0.25) is 0 Å². The Kier molecular flexibility index (Phi) is 33.0. The number of aryl methyl sites for hydroxylation is 1. The van der Waals surface area contributed by atoms with E-state index in [1.807, 2.05) is 136 Å². The van der Waals surface area contributed by atoms with Crippen LogP contribution in [0.25, 0.3) is 0 Å². The molecule has 0 saturated heterocycles. The van der Waals surface area contributed by atoms with Crippen LogP contribution in [-0.4, -0.2) is 192 Å². The Labute approximate surface area is 621 Å². The molecule has 0 aliphatic carbocycles. The molecule has 0 aliphatic heterocycles. The van der Waals surface area contributed by atoms with Gasteiger partial charge in [-0.1, -0.05) is 13.8 Å². The van der Waals surface area contributed by atoms with Crippen LogP contribution in [0, 0.1) is 6.92 Å². The predicted molar refractivity (Wildman–Crippen MR) is 435 cm³/mol. The summed E-state index contributed by atoms with van der Waals surface area (Å²) < 4.78 is 5.51. The molecule has 25 heteroatoms. The van der Waals surface area contributed by atoms with Crippen molar-refractivity contribution in [2.45, 2.75) is 66.9 Å². The van der Waals surface area contributed by atoms with Gasteiger partial charge in [-0.15, -0.1) is 0 Å². The van der Waals surface area contributed by atoms with Gasteiger partial charge in [0, 0.05) is 144 Å². The number of methoxy groups -OCH3 is 1. The van der Waals surface area contributed by atoms with E-state index in [9.17, 15) is 40.9 Å². The SMILES string of the molecule is CCCN(CCC)c1ccc(N(Nc2ccc(N(CC)CC)cc2)N(c2ccc(N(CC)CCO)cc2)N(c2ccc(N(CCO)CCO)cc2)N(c2ccc(N(CCO)CCO)cc2C)N(c2ccc(NCCOC)cc2)N(Nc2ccc(NCC(O)CO)cc2)c2ccc(NCCCO)cc2)cc1. The van der Waals surface area contributed by atoms with Gasteiger partial charge < -0.3 is 86.0 Å². The van der Waals surface area contributed by atoms with Crippen LogP contribution in [-0.2, 0) is 4.74 Å². The summed E-state index contributed by atoms with van der Waals surface area (Å²) >= 11 is 0. The van der Waals surface area contributed by atoms with Crippen molar-refractivity contribution in [1.29, 1.82) is 0 Å². The molecule has 8 aromatic rings. The second-order valence-electron chi connectivity index (χ2n) is 25.2. The standard InChI is InChI=1S/C80H114N16O9/c1-8-46-88(47-9-2)71-30-36-74(37-31-71)91(85-68-22-24-69(25-23-68)86(10-3)11-4)93(76-38-32-70(33-39-76)87(12-5)48-54-98)95(77-40-34-72(35-41-77)89(49-55-99)50-56-100)96(80-43-42-78(60-63(80)6)90(51-57-101)52-58-102)94(75-28-20-65(21-29-75)82-45-59-105-7)92(73-26-18-64(19-27-73)81-44-13-53-97)84-67-16-14-66(15-17-67)83-61-79(104)62-103/h14-43,60,79,81-85,97-104H,8-13,44-59,61-62H2,1-7H3.